The maximum absolute atomic E-state index is 13.8. The quantitative estimate of drug-likeness (QED) is 0.403. The van der Waals surface area contributed by atoms with E-state index in [2.05, 4.69) is 31.1 Å². The molecular weight excluding hydrogens is 467 g/mol. The van der Waals surface area contributed by atoms with Gasteiger partial charge in [-0.05, 0) is 46.3 Å². The summed E-state index contributed by atoms with van der Waals surface area (Å²) in [6.07, 6.45) is 1.47. The molecule has 0 amide bonds. The first-order chi connectivity index (χ1) is 14.0. The van der Waals surface area contributed by atoms with Crippen molar-refractivity contribution in [1.82, 2.24) is 4.98 Å². The molecule has 0 radical (unpaired) electrons. The highest BCUT2D eigenvalue weighted by Crippen LogP contribution is 2.40. The first-order valence-corrected chi connectivity index (χ1v) is 9.93. The van der Waals surface area contributed by atoms with E-state index in [4.69, 9.17) is 16.3 Å². The lowest BCUT2D eigenvalue weighted by molar-refractivity contribution is -0.384. The van der Waals surface area contributed by atoms with Crippen LogP contribution in [0.4, 0.5) is 27.1 Å². The maximum atomic E-state index is 13.8. The fraction of sp³-hybridized carbons (Fsp3) is 0.211. The monoisotopic (exact) mass is 480 g/mol. The summed E-state index contributed by atoms with van der Waals surface area (Å²) in [6, 6.07) is 7.90. The van der Waals surface area contributed by atoms with Gasteiger partial charge in [-0.3, -0.25) is 15.1 Å². The van der Waals surface area contributed by atoms with Gasteiger partial charge < -0.3 is 15.0 Å². The molecule has 1 aromatic heterocycles. The van der Waals surface area contributed by atoms with Gasteiger partial charge in [0.15, 0.2) is 0 Å². The fourth-order valence-electron chi connectivity index (χ4n) is 3.28. The number of nitro groups is 1. The van der Waals surface area contributed by atoms with Crippen molar-refractivity contribution in [3.05, 3.63) is 62.0 Å². The van der Waals surface area contributed by atoms with Crippen molar-refractivity contribution in [2.75, 3.05) is 36.5 Å². The molecule has 2 heterocycles. The lowest BCUT2D eigenvalue weighted by Gasteiger charge is -2.29. The highest BCUT2D eigenvalue weighted by Gasteiger charge is 2.23. The number of morpholine rings is 1. The van der Waals surface area contributed by atoms with E-state index in [1.54, 1.807) is 24.3 Å². The summed E-state index contributed by atoms with van der Waals surface area (Å²) in [5, 5.41) is 15.3. The predicted molar refractivity (Wildman–Crippen MR) is 114 cm³/mol. The van der Waals surface area contributed by atoms with Crippen LogP contribution in [0.25, 0.3) is 10.9 Å². The Morgan fingerprint density at radius 1 is 1.24 bits per heavy atom. The van der Waals surface area contributed by atoms with Crippen LogP contribution >= 0.6 is 27.5 Å². The zero-order valence-electron chi connectivity index (χ0n) is 15.0. The molecule has 1 aliphatic rings. The van der Waals surface area contributed by atoms with E-state index in [-0.39, 0.29) is 16.2 Å². The maximum Gasteiger partial charge on any atom is 0.306 e. The number of benzene rings is 2. The minimum atomic E-state index is -0.577. The molecular formula is C19H15BrClFN4O3. The Hall–Kier alpha value is -2.49. The zero-order chi connectivity index (χ0) is 20.5. The number of nitro benzene ring substituents is 1. The molecule has 2 aromatic carbocycles. The van der Waals surface area contributed by atoms with E-state index in [9.17, 15) is 14.5 Å². The number of halogens is 3. The average Bonchev–Trinajstić information content (AvgIpc) is 2.71. The van der Waals surface area contributed by atoms with Crippen LogP contribution in [0.3, 0.4) is 0 Å². The van der Waals surface area contributed by atoms with Gasteiger partial charge in [0.25, 0.3) is 0 Å². The molecule has 4 rings (SSSR count). The topological polar surface area (TPSA) is 80.5 Å². The number of pyridine rings is 1. The molecule has 0 bridgehead atoms. The van der Waals surface area contributed by atoms with Crippen molar-refractivity contribution >= 4 is 61.2 Å². The number of ether oxygens (including phenoxy) is 1. The Bertz CT molecular complexity index is 1110. The number of aromatic nitrogens is 1. The third-order valence-corrected chi connectivity index (χ3v) is 5.64. The standard InChI is InChI=1S/C19H15BrClFN4O3/c20-13-9-11(25-5-7-29-8-6-25)10-16(19(13)26(27)28)24-15-3-4-23-18-12(15)1-2-14(22)17(18)21/h1-4,9-10H,5-8H2,(H,23,24). The van der Waals surface area contributed by atoms with Crippen LogP contribution < -0.4 is 10.2 Å². The number of fused-ring (bicyclic) bond motifs is 1. The van der Waals surface area contributed by atoms with E-state index in [0.717, 1.165) is 5.69 Å². The fourth-order valence-corrected chi connectivity index (χ4v) is 4.09. The largest absolute Gasteiger partial charge is 0.378 e. The lowest BCUT2D eigenvalue weighted by Crippen LogP contribution is -2.36. The van der Waals surface area contributed by atoms with Crippen LogP contribution in [0.1, 0.15) is 0 Å². The minimum absolute atomic E-state index is 0.0936. The van der Waals surface area contributed by atoms with Crippen molar-refractivity contribution < 1.29 is 14.1 Å². The summed E-state index contributed by atoms with van der Waals surface area (Å²) in [4.78, 5) is 17.5. The van der Waals surface area contributed by atoms with Gasteiger partial charge in [0.05, 0.1) is 28.1 Å². The first-order valence-electron chi connectivity index (χ1n) is 8.76. The molecule has 1 N–H and O–H groups in total. The van der Waals surface area contributed by atoms with Gasteiger partial charge >= 0.3 is 5.69 Å². The molecule has 29 heavy (non-hydrogen) atoms. The molecule has 0 spiro atoms. The molecule has 0 unspecified atom stereocenters. The van der Waals surface area contributed by atoms with Crippen LogP contribution in [-0.2, 0) is 4.74 Å². The van der Waals surface area contributed by atoms with Gasteiger partial charge in [0, 0.05) is 36.0 Å². The number of rotatable bonds is 4. The Kier molecular flexibility index (Phi) is 5.53. The predicted octanol–water partition coefficient (Wildman–Crippen LogP) is 5.28. The lowest BCUT2D eigenvalue weighted by atomic mass is 10.1. The van der Waals surface area contributed by atoms with Crippen molar-refractivity contribution in [2.24, 2.45) is 0 Å². The summed E-state index contributed by atoms with van der Waals surface area (Å²) in [6.45, 7) is 2.57. The molecule has 1 saturated heterocycles. The smallest absolute Gasteiger partial charge is 0.306 e. The van der Waals surface area contributed by atoms with Crippen LogP contribution in [0.2, 0.25) is 5.02 Å². The van der Waals surface area contributed by atoms with E-state index >= 15 is 0 Å². The van der Waals surface area contributed by atoms with Gasteiger partial charge in [0.2, 0.25) is 0 Å². The summed E-state index contributed by atoms with van der Waals surface area (Å²) in [5.74, 6) is -0.577. The third-order valence-electron chi connectivity index (χ3n) is 4.68. The second-order valence-electron chi connectivity index (χ2n) is 6.42. The molecule has 0 saturated carbocycles. The Morgan fingerprint density at radius 3 is 2.72 bits per heavy atom. The van der Waals surface area contributed by atoms with Crippen molar-refractivity contribution in [3.63, 3.8) is 0 Å². The Morgan fingerprint density at radius 2 is 2.00 bits per heavy atom. The molecule has 0 aliphatic carbocycles. The number of anilines is 3. The van der Waals surface area contributed by atoms with Crippen molar-refractivity contribution in [1.29, 1.82) is 0 Å². The number of nitrogens with one attached hydrogen (secondary N) is 1. The second kappa shape index (κ2) is 8.10. The van der Waals surface area contributed by atoms with Crippen LogP contribution in [-0.4, -0.2) is 36.2 Å². The average molecular weight is 482 g/mol. The van der Waals surface area contributed by atoms with E-state index < -0.39 is 10.7 Å². The van der Waals surface area contributed by atoms with Crippen molar-refractivity contribution in [2.45, 2.75) is 0 Å². The Labute approximate surface area is 178 Å². The van der Waals surface area contributed by atoms with Crippen LogP contribution in [0.15, 0.2) is 41.0 Å². The first kappa shape index (κ1) is 19.8. The van der Waals surface area contributed by atoms with Gasteiger partial charge in [-0.1, -0.05) is 11.6 Å². The summed E-state index contributed by atoms with van der Waals surface area (Å²) in [5.41, 5.74) is 1.85. The van der Waals surface area contributed by atoms with E-state index in [0.29, 0.717) is 47.5 Å². The molecule has 7 nitrogen and oxygen atoms in total. The summed E-state index contributed by atoms with van der Waals surface area (Å²) in [7, 11) is 0. The second-order valence-corrected chi connectivity index (χ2v) is 7.65. The highest BCUT2D eigenvalue weighted by atomic mass is 79.9. The SMILES string of the molecule is O=[N+]([O-])c1c(Br)cc(N2CCOCC2)cc1Nc1ccnc2c(Cl)c(F)ccc12. The van der Waals surface area contributed by atoms with Gasteiger partial charge in [-0.25, -0.2) is 4.39 Å². The number of hydrogen-bond acceptors (Lipinski definition) is 6. The molecule has 10 heteroatoms. The molecule has 0 atom stereocenters. The minimum Gasteiger partial charge on any atom is -0.378 e. The van der Waals surface area contributed by atoms with Gasteiger partial charge in [-0.2, -0.15) is 0 Å². The van der Waals surface area contributed by atoms with Gasteiger partial charge in [-0.15, -0.1) is 0 Å². The zero-order valence-corrected chi connectivity index (χ0v) is 17.3. The molecule has 1 fully saturated rings. The van der Waals surface area contributed by atoms with Gasteiger partial charge in [0.1, 0.15) is 16.5 Å². The molecule has 3 aromatic rings. The Balaban J connectivity index is 1.82. The van der Waals surface area contributed by atoms with Crippen LogP contribution in [0, 0.1) is 15.9 Å². The third kappa shape index (κ3) is 3.85. The van der Waals surface area contributed by atoms with E-state index in [1.807, 2.05) is 0 Å². The number of nitrogens with zero attached hydrogens (tertiary/aromatic N) is 3. The van der Waals surface area contributed by atoms with Crippen molar-refractivity contribution in [3.8, 4) is 0 Å². The van der Waals surface area contributed by atoms with Crippen LogP contribution in [0.5, 0.6) is 0 Å². The summed E-state index contributed by atoms with van der Waals surface area (Å²) < 4.78 is 19.5. The number of hydrogen-bond donors (Lipinski definition) is 1. The highest BCUT2D eigenvalue weighted by molar-refractivity contribution is 9.10. The van der Waals surface area contributed by atoms with E-state index in [1.165, 1.54) is 12.3 Å². The molecule has 1 aliphatic heterocycles. The summed E-state index contributed by atoms with van der Waals surface area (Å²) >= 11 is 9.36. The molecule has 150 valence electrons. The normalized spacial score (nSPS) is 14.2.